The molecule has 1 aliphatic carbocycles. The van der Waals surface area contributed by atoms with Gasteiger partial charge < -0.3 is 14.8 Å². The summed E-state index contributed by atoms with van der Waals surface area (Å²) in [4.78, 5) is 26.6. The van der Waals surface area contributed by atoms with E-state index in [-0.39, 0.29) is 16.4 Å². The molecule has 1 aromatic carbocycles. The van der Waals surface area contributed by atoms with Gasteiger partial charge in [-0.1, -0.05) is 40.7 Å². The molecule has 184 valence electrons. The van der Waals surface area contributed by atoms with E-state index in [1.54, 1.807) is 18.2 Å². The summed E-state index contributed by atoms with van der Waals surface area (Å²) in [5.41, 5.74) is 2.19. The van der Waals surface area contributed by atoms with Crippen LogP contribution in [0.2, 0.25) is 0 Å². The highest BCUT2D eigenvalue weighted by Crippen LogP contribution is 2.44. The molecule has 34 heavy (non-hydrogen) atoms. The summed E-state index contributed by atoms with van der Waals surface area (Å²) in [6.07, 6.45) is 2.76. The molecule has 0 radical (unpaired) electrons. The second kappa shape index (κ2) is 10.9. The third-order valence-electron chi connectivity index (χ3n) is 6.01. The highest BCUT2D eigenvalue weighted by atomic mass is 32.1. The van der Waals surface area contributed by atoms with Crippen LogP contribution in [0.1, 0.15) is 72.2 Å². The summed E-state index contributed by atoms with van der Waals surface area (Å²) in [5, 5.41) is 6.54. The summed E-state index contributed by atoms with van der Waals surface area (Å²) in [7, 11) is 1.38. The maximum atomic E-state index is 12.8. The fourth-order valence-electron chi connectivity index (χ4n) is 4.03. The van der Waals surface area contributed by atoms with E-state index in [1.165, 1.54) is 23.3 Å². The number of anilines is 1. The van der Waals surface area contributed by atoms with E-state index < -0.39 is 5.97 Å². The van der Waals surface area contributed by atoms with Gasteiger partial charge in [0, 0.05) is 10.4 Å². The van der Waals surface area contributed by atoms with Crippen molar-refractivity contribution in [2.24, 2.45) is 17.3 Å². The van der Waals surface area contributed by atoms with Crippen LogP contribution in [0.4, 0.5) is 5.00 Å². The Bertz CT molecular complexity index is 1070. The van der Waals surface area contributed by atoms with Crippen molar-refractivity contribution in [2.45, 2.75) is 53.9 Å². The topological polar surface area (TPSA) is 76.7 Å². The predicted octanol–water partition coefficient (Wildman–Crippen LogP) is 5.85. The number of benzene rings is 1. The number of methoxy groups -OCH3 is 1. The zero-order valence-electron chi connectivity index (χ0n) is 20.7. The van der Waals surface area contributed by atoms with E-state index in [1.807, 2.05) is 6.07 Å². The minimum Gasteiger partial charge on any atom is -0.493 e. The van der Waals surface area contributed by atoms with Crippen molar-refractivity contribution in [1.29, 1.82) is 0 Å². The van der Waals surface area contributed by atoms with E-state index in [2.05, 4.69) is 45.3 Å². The van der Waals surface area contributed by atoms with Crippen LogP contribution < -0.4 is 15.4 Å². The number of nitrogens with one attached hydrogen (secondary N) is 2. The molecule has 8 heteroatoms. The number of hydrogen-bond acceptors (Lipinski definition) is 6. The van der Waals surface area contributed by atoms with Gasteiger partial charge in [-0.25, -0.2) is 4.79 Å². The standard InChI is InChI=1S/C26H34N2O4S2/c1-15(2)14-32-18-9-7-8-16(12-18)22(29)27-25(33)28-23-21(24(30)31-6)19-11-10-17(26(3,4)5)13-20(19)34-23/h7-9,12,15,17H,10-11,13-14H2,1-6H3,(H2,27,28,29,33). The molecule has 1 amide bonds. The van der Waals surface area contributed by atoms with Crippen molar-refractivity contribution in [3.05, 3.63) is 45.8 Å². The third-order valence-corrected chi connectivity index (χ3v) is 7.39. The van der Waals surface area contributed by atoms with Gasteiger partial charge in [-0.3, -0.25) is 10.1 Å². The Kier molecular flexibility index (Phi) is 8.36. The first kappa shape index (κ1) is 26.2. The van der Waals surface area contributed by atoms with Crippen LogP contribution in [0.25, 0.3) is 0 Å². The molecule has 1 heterocycles. The predicted molar refractivity (Wildman–Crippen MR) is 141 cm³/mol. The Morgan fingerprint density at radius 2 is 2.00 bits per heavy atom. The first-order chi connectivity index (χ1) is 16.0. The Morgan fingerprint density at radius 3 is 2.65 bits per heavy atom. The lowest BCUT2D eigenvalue weighted by molar-refractivity contribution is 0.0600. The molecule has 0 fully saturated rings. The second-order valence-electron chi connectivity index (χ2n) is 10.1. The molecule has 0 bridgehead atoms. The minimum absolute atomic E-state index is 0.134. The lowest BCUT2D eigenvalue weighted by Crippen LogP contribution is -2.34. The van der Waals surface area contributed by atoms with E-state index in [0.29, 0.717) is 40.3 Å². The molecule has 0 saturated heterocycles. The molecule has 2 N–H and O–H groups in total. The molecule has 0 saturated carbocycles. The number of esters is 1. The monoisotopic (exact) mass is 502 g/mol. The van der Waals surface area contributed by atoms with Gasteiger partial charge >= 0.3 is 5.97 Å². The van der Waals surface area contributed by atoms with Gasteiger partial charge in [0.25, 0.3) is 5.91 Å². The largest absolute Gasteiger partial charge is 0.493 e. The molecule has 1 atom stereocenters. The number of fused-ring (bicyclic) bond motifs is 1. The van der Waals surface area contributed by atoms with E-state index in [0.717, 1.165) is 24.8 Å². The fourth-order valence-corrected chi connectivity index (χ4v) is 5.61. The van der Waals surface area contributed by atoms with Gasteiger partial charge in [0.2, 0.25) is 0 Å². The van der Waals surface area contributed by atoms with Crippen LogP contribution in [-0.4, -0.2) is 30.7 Å². The van der Waals surface area contributed by atoms with Crippen molar-refractivity contribution < 1.29 is 19.1 Å². The van der Waals surface area contributed by atoms with Crippen molar-refractivity contribution in [1.82, 2.24) is 5.32 Å². The summed E-state index contributed by atoms with van der Waals surface area (Å²) < 4.78 is 10.8. The van der Waals surface area contributed by atoms with Crippen molar-refractivity contribution >= 4 is 45.5 Å². The lowest BCUT2D eigenvalue weighted by atomic mass is 9.72. The zero-order valence-corrected chi connectivity index (χ0v) is 22.4. The Labute approximate surface area is 211 Å². The summed E-state index contributed by atoms with van der Waals surface area (Å²) in [5.74, 6) is 0.814. The summed E-state index contributed by atoms with van der Waals surface area (Å²) in [6.45, 7) is 11.5. The average molecular weight is 503 g/mol. The van der Waals surface area contributed by atoms with Gasteiger partial charge in [0.15, 0.2) is 5.11 Å². The highest BCUT2D eigenvalue weighted by molar-refractivity contribution is 7.80. The van der Waals surface area contributed by atoms with E-state index >= 15 is 0 Å². The number of thiocarbonyl (C=S) groups is 1. The maximum absolute atomic E-state index is 12.8. The molecule has 2 aromatic rings. The van der Waals surface area contributed by atoms with Crippen LogP contribution in [-0.2, 0) is 17.6 Å². The number of carbonyl (C=O) groups excluding carboxylic acids is 2. The molecule has 1 aliphatic rings. The van der Waals surface area contributed by atoms with Crippen molar-refractivity contribution in [3.8, 4) is 5.75 Å². The van der Waals surface area contributed by atoms with Crippen LogP contribution >= 0.6 is 23.6 Å². The number of hydrogen-bond donors (Lipinski definition) is 2. The van der Waals surface area contributed by atoms with Crippen LogP contribution in [0.15, 0.2) is 24.3 Å². The van der Waals surface area contributed by atoms with Crippen LogP contribution in [0.5, 0.6) is 5.75 Å². The normalized spacial score (nSPS) is 15.4. The van der Waals surface area contributed by atoms with Crippen molar-refractivity contribution in [3.63, 3.8) is 0 Å². The Hall–Kier alpha value is -2.45. The average Bonchev–Trinajstić information content (AvgIpc) is 3.13. The molecule has 1 aromatic heterocycles. The van der Waals surface area contributed by atoms with Gasteiger partial charge in [-0.15, -0.1) is 11.3 Å². The number of amides is 1. The molecule has 0 spiro atoms. The summed E-state index contributed by atoms with van der Waals surface area (Å²) >= 11 is 6.93. The Balaban J connectivity index is 1.75. The molecule has 1 unspecified atom stereocenters. The quantitative estimate of drug-likeness (QED) is 0.381. The third kappa shape index (κ3) is 6.36. The SMILES string of the molecule is COC(=O)c1c(NC(=S)NC(=O)c2cccc(OCC(C)C)c2)sc2c1CCC(C(C)(C)C)C2. The Morgan fingerprint density at radius 1 is 1.26 bits per heavy atom. The number of thiophene rings is 1. The molecule has 3 rings (SSSR count). The fraction of sp³-hybridized carbons (Fsp3) is 0.500. The van der Waals surface area contributed by atoms with Crippen LogP contribution in [0.3, 0.4) is 0 Å². The van der Waals surface area contributed by atoms with Gasteiger partial charge in [0.05, 0.1) is 19.3 Å². The molecular formula is C26H34N2O4S2. The van der Waals surface area contributed by atoms with Gasteiger partial charge in [0.1, 0.15) is 10.8 Å². The summed E-state index contributed by atoms with van der Waals surface area (Å²) in [6, 6.07) is 6.99. The minimum atomic E-state index is -0.390. The lowest BCUT2D eigenvalue weighted by Gasteiger charge is -2.33. The number of ether oxygens (including phenoxy) is 2. The van der Waals surface area contributed by atoms with Crippen molar-refractivity contribution in [2.75, 3.05) is 19.0 Å². The number of rotatable bonds is 6. The second-order valence-corrected chi connectivity index (χ2v) is 11.7. The van der Waals surface area contributed by atoms with E-state index in [4.69, 9.17) is 21.7 Å². The highest BCUT2D eigenvalue weighted by Gasteiger charge is 2.34. The van der Waals surface area contributed by atoms with Crippen LogP contribution in [0, 0.1) is 17.3 Å². The molecular weight excluding hydrogens is 468 g/mol. The zero-order chi connectivity index (χ0) is 25.0. The first-order valence-corrected chi connectivity index (χ1v) is 12.8. The first-order valence-electron chi connectivity index (χ1n) is 11.6. The smallest absolute Gasteiger partial charge is 0.341 e. The molecule has 6 nitrogen and oxygen atoms in total. The van der Waals surface area contributed by atoms with Gasteiger partial charge in [-0.2, -0.15) is 0 Å². The molecule has 0 aliphatic heterocycles. The van der Waals surface area contributed by atoms with E-state index in [9.17, 15) is 9.59 Å². The van der Waals surface area contributed by atoms with Gasteiger partial charge in [-0.05, 0) is 72.5 Å². The number of carbonyl (C=O) groups is 2. The maximum Gasteiger partial charge on any atom is 0.341 e.